The average Bonchev–Trinajstić information content (AvgIpc) is 3.09. The topological polar surface area (TPSA) is 66.4 Å². The number of nitrogens with one attached hydrogen (secondary N) is 1. The summed E-state index contributed by atoms with van der Waals surface area (Å²) in [6, 6.07) is 7.67. The van der Waals surface area contributed by atoms with Crippen molar-refractivity contribution in [2.24, 2.45) is 11.8 Å². The molecule has 1 heterocycles. The van der Waals surface area contributed by atoms with Gasteiger partial charge in [-0.15, -0.1) is 0 Å². The van der Waals surface area contributed by atoms with Crippen LogP contribution in [0.15, 0.2) is 24.3 Å². The SMILES string of the molecule is O=C(CCCC1Cc2ccccc2C1)C1C(=S)CN[C@@H]1C(=O)O. The zero-order valence-electron chi connectivity index (χ0n) is 13.0. The fourth-order valence-electron chi connectivity index (χ4n) is 3.79. The van der Waals surface area contributed by atoms with Crippen molar-refractivity contribution < 1.29 is 14.7 Å². The van der Waals surface area contributed by atoms with Crippen molar-refractivity contribution in [2.75, 3.05) is 6.54 Å². The van der Waals surface area contributed by atoms with E-state index in [2.05, 4.69) is 29.6 Å². The van der Waals surface area contributed by atoms with Crippen molar-refractivity contribution in [2.45, 2.75) is 38.1 Å². The second kappa shape index (κ2) is 6.89. The second-order valence-electron chi connectivity index (χ2n) is 6.54. The summed E-state index contributed by atoms with van der Waals surface area (Å²) in [5.74, 6) is -1.05. The minimum atomic E-state index is -0.991. The Morgan fingerprint density at radius 3 is 2.48 bits per heavy atom. The van der Waals surface area contributed by atoms with Gasteiger partial charge in [-0.1, -0.05) is 36.5 Å². The molecule has 5 heteroatoms. The summed E-state index contributed by atoms with van der Waals surface area (Å²) >= 11 is 5.17. The molecule has 1 aliphatic carbocycles. The lowest BCUT2D eigenvalue weighted by Crippen LogP contribution is -2.39. The first-order chi connectivity index (χ1) is 11.1. The molecule has 0 radical (unpaired) electrons. The molecule has 2 N–H and O–H groups in total. The lowest BCUT2D eigenvalue weighted by molar-refractivity contribution is -0.141. The molecule has 1 unspecified atom stereocenters. The van der Waals surface area contributed by atoms with Crippen LogP contribution >= 0.6 is 12.2 Å². The third kappa shape index (κ3) is 3.51. The van der Waals surface area contributed by atoms with Crippen molar-refractivity contribution in [1.82, 2.24) is 5.32 Å². The van der Waals surface area contributed by atoms with Gasteiger partial charge in [0, 0.05) is 17.8 Å². The van der Waals surface area contributed by atoms with Gasteiger partial charge in [0.25, 0.3) is 0 Å². The highest BCUT2D eigenvalue weighted by atomic mass is 32.1. The molecule has 0 bridgehead atoms. The van der Waals surface area contributed by atoms with E-state index in [4.69, 9.17) is 12.2 Å². The Kier molecular flexibility index (Phi) is 4.87. The van der Waals surface area contributed by atoms with Crippen LogP contribution in [0, 0.1) is 11.8 Å². The molecule has 23 heavy (non-hydrogen) atoms. The van der Waals surface area contributed by atoms with Crippen LogP contribution in [0.25, 0.3) is 0 Å². The number of carboxylic acid groups (broad SMARTS) is 1. The van der Waals surface area contributed by atoms with E-state index in [1.807, 2.05) is 0 Å². The number of Topliss-reactive ketones (excluding diaryl/α,β-unsaturated/α-hetero) is 1. The molecule has 0 amide bonds. The van der Waals surface area contributed by atoms with Gasteiger partial charge >= 0.3 is 5.97 Å². The molecule has 1 aliphatic heterocycles. The number of carbonyl (C=O) groups is 2. The molecule has 0 spiro atoms. The van der Waals surface area contributed by atoms with Crippen LogP contribution in [0.2, 0.25) is 0 Å². The largest absolute Gasteiger partial charge is 0.480 e. The Labute approximate surface area is 141 Å². The van der Waals surface area contributed by atoms with Gasteiger partial charge in [0.2, 0.25) is 0 Å². The van der Waals surface area contributed by atoms with Crippen LogP contribution in [0.5, 0.6) is 0 Å². The van der Waals surface area contributed by atoms with Crippen molar-refractivity contribution in [1.29, 1.82) is 0 Å². The van der Waals surface area contributed by atoms with E-state index >= 15 is 0 Å². The summed E-state index contributed by atoms with van der Waals surface area (Å²) in [5.41, 5.74) is 2.85. The van der Waals surface area contributed by atoms with Crippen molar-refractivity contribution in [3.05, 3.63) is 35.4 Å². The quantitative estimate of drug-likeness (QED) is 0.782. The fraction of sp³-hybridized carbons (Fsp3) is 0.500. The first-order valence-electron chi connectivity index (χ1n) is 8.14. The van der Waals surface area contributed by atoms with Crippen molar-refractivity contribution in [3.63, 3.8) is 0 Å². The highest BCUT2D eigenvalue weighted by molar-refractivity contribution is 7.80. The number of hydrogen-bond donors (Lipinski definition) is 2. The number of thiocarbonyl (C=S) groups is 1. The smallest absolute Gasteiger partial charge is 0.321 e. The van der Waals surface area contributed by atoms with Gasteiger partial charge in [0.1, 0.15) is 11.8 Å². The van der Waals surface area contributed by atoms with Gasteiger partial charge in [-0.2, -0.15) is 0 Å². The summed E-state index contributed by atoms with van der Waals surface area (Å²) in [6.45, 7) is 0.348. The predicted molar refractivity (Wildman–Crippen MR) is 91.7 cm³/mol. The Morgan fingerprint density at radius 1 is 1.22 bits per heavy atom. The van der Waals surface area contributed by atoms with E-state index in [1.165, 1.54) is 11.1 Å². The second-order valence-corrected chi connectivity index (χ2v) is 7.07. The van der Waals surface area contributed by atoms with Gasteiger partial charge in [0.05, 0.1) is 5.92 Å². The molecule has 2 aliphatic rings. The van der Waals surface area contributed by atoms with E-state index in [-0.39, 0.29) is 5.78 Å². The van der Waals surface area contributed by atoms with E-state index < -0.39 is 17.9 Å². The zero-order valence-corrected chi connectivity index (χ0v) is 13.8. The first kappa shape index (κ1) is 16.3. The third-order valence-corrected chi connectivity index (χ3v) is 5.36. The number of carbonyl (C=O) groups excluding carboxylic acids is 1. The highest BCUT2D eigenvalue weighted by Gasteiger charge is 2.40. The van der Waals surface area contributed by atoms with E-state index in [9.17, 15) is 14.7 Å². The van der Waals surface area contributed by atoms with E-state index in [0.717, 1.165) is 25.7 Å². The molecule has 1 aromatic rings. The molecule has 1 fully saturated rings. The zero-order chi connectivity index (χ0) is 16.4. The number of carboxylic acids is 1. The molecule has 0 saturated carbocycles. The molecular formula is C18H21NO3S. The van der Waals surface area contributed by atoms with Crippen molar-refractivity contribution in [3.8, 4) is 0 Å². The van der Waals surface area contributed by atoms with Gasteiger partial charge in [-0.25, -0.2) is 0 Å². The summed E-state index contributed by atoms with van der Waals surface area (Å²) in [7, 11) is 0. The normalized spacial score (nSPS) is 23.9. The number of rotatable bonds is 6. The van der Waals surface area contributed by atoms with E-state index in [1.54, 1.807) is 0 Å². The van der Waals surface area contributed by atoms with Gasteiger partial charge in [-0.05, 0) is 42.7 Å². The molecular weight excluding hydrogens is 310 g/mol. The van der Waals surface area contributed by atoms with Gasteiger partial charge < -0.3 is 5.11 Å². The van der Waals surface area contributed by atoms with Gasteiger partial charge in [-0.3, -0.25) is 14.9 Å². The van der Waals surface area contributed by atoms with Crippen LogP contribution in [0.1, 0.15) is 30.4 Å². The standard InChI is InChI=1S/C18H21NO3S/c20-14(16-15(23)10-19-17(16)18(21)22)7-3-4-11-8-12-5-1-2-6-13(12)9-11/h1-2,5-6,11,16-17,19H,3-4,7-10H2,(H,21,22)/t16?,17-/m0/s1. The lowest BCUT2D eigenvalue weighted by atomic mass is 9.90. The summed E-state index contributed by atoms with van der Waals surface area (Å²) in [6.07, 6.45) is 4.41. The van der Waals surface area contributed by atoms with Crippen LogP contribution in [-0.4, -0.2) is 34.3 Å². The maximum Gasteiger partial charge on any atom is 0.321 e. The lowest BCUT2D eigenvalue weighted by Gasteiger charge is -2.15. The monoisotopic (exact) mass is 331 g/mol. The number of ketones is 1. The molecule has 2 atom stereocenters. The van der Waals surface area contributed by atoms with Crippen LogP contribution < -0.4 is 5.32 Å². The number of hydrogen-bond acceptors (Lipinski definition) is 4. The number of benzene rings is 1. The Bertz CT molecular complexity index is 618. The Balaban J connectivity index is 1.49. The van der Waals surface area contributed by atoms with Gasteiger partial charge in [0.15, 0.2) is 0 Å². The Morgan fingerprint density at radius 2 is 1.87 bits per heavy atom. The molecule has 1 saturated heterocycles. The molecule has 4 nitrogen and oxygen atoms in total. The van der Waals surface area contributed by atoms with Crippen LogP contribution in [0.4, 0.5) is 0 Å². The third-order valence-electron chi connectivity index (χ3n) is 4.96. The highest BCUT2D eigenvalue weighted by Crippen LogP contribution is 2.30. The molecule has 3 rings (SSSR count). The molecule has 1 aromatic carbocycles. The summed E-state index contributed by atoms with van der Waals surface area (Å²) in [5, 5.41) is 12.0. The maximum absolute atomic E-state index is 12.4. The van der Waals surface area contributed by atoms with E-state index in [0.29, 0.717) is 23.7 Å². The minimum absolute atomic E-state index is 0.0251. The number of fused-ring (bicyclic) bond motifs is 1. The predicted octanol–water partition coefficient (Wildman–Crippen LogP) is 2.18. The maximum atomic E-state index is 12.4. The Hall–Kier alpha value is -1.59. The fourth-order valence-corrected chi connectivity index (χ4v) is 4.14. The van der Waals surface area contributed by atoms with Crippen LogP contribution in [0.3, 0.4) is 0 Å². The average molecular weight is 331 g/mol. The molecule has 0 aromatic heterocycles. The summed E-state index contributed by atoms with van der Waals surface area (Å²) in [4.78, 5) is 24.1. The number of aliphatic carboxylic acids is 1. The minimum Gasteiger partial charge on any atom is -0.480 e. The van der Waals surface area contributed by atoms with Crippen LogP contribution in [-0.2, 0) is 22.4 Å². The molecule has 122 valence electrons. The van der Waals surface area contributed by atoms with Crippen molar-refractivity contribution >= 4 is 28.8 Å². The first-order valence-corrected chi connectivity index (χ1v) is 8.55. The summed E-state index contributed by atoms with van der Waals surface area (Å²) < 4.78 is 0.